The number of rotatable bonds is 3. The van der Waals surface area contributed by atoms with Gasteiger partial charge in [0.15, 0.2) is 0 Å². The highest BCUT2D eigenvalue weighted by molar-refractivity contribution is 9.09. The molecule has 1 amide bonds. The fourth-order valence-electron chi connectivity index (χ4n) is 1.08. The van der Waals surface area contributed by atoms with Gasteiger partial charge >= 0.3 is 0 Å². The Bertz CT molecular complexity index is 328. The van der Waals surface area contributed by atoms with Crippen LogP contribution in [-0.2, 0) is 4.79 Å². The van der Waals surface area contributed by atoms with Gasteiger partial charge in [-0.3, -0.25) is 4.79 Å². The monoisotopic (exact) mass is 257 g/mol. The third kappa shape index (κ3) is 2.48. The number of halogens is 1. The lowest BCUT2D eigenvalue weighted by Gasteiger charge is -2.09. The number of benzene rings is 1. The minimum atomic E-state index is -0.331. The average molecular weight is 258 g/mol. The number of hydrogen-bond donors (Lipinski definition) is 1. The predicted molar refractivity (Wildman–Crippen MR) is 58.7 cm³/mol. The van der Waals surface area contributed by atoms with Gasteiger partial charge < -0.3 is 10.1 Å². The summed E-state index contributed by atoms with van der Waals surface area (Å²) in [5.74, 6) is 0.675. The molecule has 0 aromatic heterocycles. The summed E-state index contributed by atoms with van der Waals surface area (Å²) in [4.78, 5) is 11.0. The second-order valence-corrected chi connectivity index (χ2v) is 3.67. The van der Waals surface area contributed by atoms with Gasteiger partial charge in [-0.1, -0.05) is 28.1 Å². The van der Waals surface area contributed by atoms with Crippen LogP contribution >= 0.6 is 15.9 Å². The number of carbonyl (C=O) groups excluding carboxylic acids is 1. The molecule has 14 heavy (non-hydrogen) atoms. The molecule has 4 heteroatoms. The van der Waals surface area contributed by atoms with Crippen LogP contribution in [0, 0.1) is 0 Å². The maximum Gasteiger partial charge on any atom is 0.238 e. The number of methoxy groups -OCH3 is 1. The Kier molecular flexibility index (Phi) is 3.95. The first-order valence-corrected chi connectivity index (χ1v) is 5.10. The van der Waals surface area contributed by atoms with E-state index in [4.69, 9.17) is 4.74 Å². The largest absolute Gasteiger partial charge is 0.497 e. The normalized spacial score (nSPS) is 11.9. The van der Waals surface area contributed by atoms with Gasteiger partial charge in [-0.2, -0.15) is 0 Å². The third-order valence-corrected chi connectivity index (χ3v) is 2.81. The molecular formula is C10H12BrNO2. The standard InChI is InChI=1S/C10H12BrNO2/c1-12-10(13)9(11)7-4-3-5-8(6-7)14-2/h3-6,9H,1-2H3,(H,12,13). The maximum atomic E-state index is 11.3. The van der Waals surface area contributed by atoms with Crippen molar-refractivity contribution in [2.24, 2.45) is 0 Å². The van der Waals surface area contributed by atoms with Crippen molar-refractivity contribution < 1.29 is 9.53 Å². The molecule has 1 aromatic rings. The van der Waals surface area contributed by atoms with Crippen molar-refractivity contribution in [1.82, 2.24) is 5.32 Å². The second-order valence-electron chi connectivity index (χ2n) is 2.75. The van der Waals surface area contributed by atoms with E-state index in [9.17, 15) is 4.79 Å². The van der Waals surface area contributed by atoms with Gasteiger partial charge in [-0.25, -0.2) is 0 Å². The van der Waals surface area contributed by atoms with Crippen molar-refractivity contribution in [3.05, 3.63) is 29.8 Å². The van der Waals surface area contributed by atoms with E-state index in [2.05, 4.69) is 21.2 Å². The highest BCUT2D eigenvalue weighted by atomic mass is 79.9. The molecule has 0 aliphatic carbocycles. The van der Waals surface area contributed by atoms with E-state index in [1.54, 1.807) is 14.2 Å². The van der Waals surface area contributed by atoms with Crippen molar-refractivity contribution in [1.29, 1.82) is 0 Å². The summed E-state index contributed by atoms with van der Waals surface area (Å²) in [6.45, 7) is 0. The quantitative estimate of drug-likeness (QED) is 0.840. The number of amides is 1. The Morgan fingerprint density at radius 1 is 1.57 bits per heavy atom. The van der Waals surface area contributed by atoms with E-state index in [-0.39, 0.29) is 10.7 Å². The molecule has 0 spiro atoms. The first-order valence-electron chi connectivity index (χ1n) is 4.18. The lowest BCUT2D eigenvalue weighted by Crippen LogP contribution is -2.22. The Morgan fingerprint density at radius 2 is 2.29 bits per heavy atom. The molecule has 1 N–H and O–H groups in total. The molecule has 76 valence electrons. The highest BCUT2D eigenvalue weighted by Gasteiger charge is 2.15. The van der Waals surface area contributed by atoms with Crippen molar-refractivity contribution >= 4 is 21.8 Å². The minimum absolute atomic E-state index is 0.0711. The van der Waals surface area contributed by atoms with Crippen LogP contribution in [0.2, 0.25) is 0 Å². The summed E-state index contributed by atoms with van der Waals surface area (Å²) in [5.41, 5.74) is 0.878. The molecule has 0 aliphatic heterocycles. The van der Waals surface area contributed by atoms with Gasteiger partial charge in [0.25, 0.3) is 0 Å². The van der Waals surface area contributed by atoms with Crippen LogP contribution in [0.4, 0.5) is 0 Å². The zero-order valence-corrected chi connectivity index (χ0v) is 9.67. The molecule has 1 atom stereocenters. The van der Waals surface area contributed by atoms with Crippen LogP contribution in [0.3, 0.4) is 0 Å². The van der Waals surface area contributed by atoms with Crippen LogP contribution < -0.4 is 10.1 Å². The lowest BCUT2D eigenvalue weighted by molar-refractivity contribution is -0.120. The number of likely N-dealkylation sites (N-methyl/N-ethyl adjacent to an activating group) is 1. The fourth-order valence-corrected chi connectivity index (χ4v) is 1.59. The van der Waals surface area contributed by atoms with Crippen LogP contribution in [0.1, 0.15) is 10.4 Å². The second kappa shape index (κ2) is 5.00. The molecule has 0 heterocycles. The molecule has 1 rings (SSSR count). The van der Waals surface area contributed by atoms with Gasteiger partial charge in [-0.05, 0) is 17.7 Å². The summed E-state index contributed by atoms with van der Waals surface area (Å²) in [6.07, 6.45) is 0. The zero-order valence-electron chi connectivity index (χ0n) is 8.08. The van der Waals surface area contributed by atoms with Gasteiger partial charge in [0, 0.05) is 7.05 Å². The van der Waals surface area contributed by atoms with Gasteiger partial charge in [-0.15, -0.1) is 0 Å². The number of nitrogens with one attached hydrogen (secondary N) is 1. The average Bonchev–Trinajstić information content (AvgIpc) is 2.27. The van der Waals surface area contributed by atoms with Crippen LogP contribution in [0.15, 0.2) is 24.3 Å². The van der Waals surface area contributed by atoms with Crippen LogP contribution in [0.5, 0.6) is 5.75 Å². The third-order valence-electron chi connectivity index (χ3n) is 1.86. The minimum Gasteiger partial charge on any atom is -0.497 e. The molecule has 0 bridgehead atoms. The maximum absolute atomic E-state index is 11.3. The molecule has 0 radical (unpaired) electrons. The summed E-state index contributed by atoms with van der Waals surface area (Å²) in [7, 11) is 3.21. The molecule has 0 saturated carbocycles. The van der Waals surface area contributed by atoms with Crippen LogP contribution in [-0.4, -0.2) is 20.1 Å². The number of hydrogen-bond acceptors (Lipinski definition) is 2. The fraction of sp³-hybridized carbons (Fsp3) is 0.300. The van der Waals surface area contributed by atoms with Crippen molar-refractivity contribution in [2.75, 3.05) is 14.2 Å². The highest BCUT2D eigenvalue weighted by Crippen LogP contribution is 2.25. The van der Waals surface area contributed by atoms with E-state index < -0.39 is 0 Å². The summed E-state index contributed by atoms with van der Waals surface area (Å²) in [6, 6.07) is 7.39. The topological polar surface area (TPSA) is 38.3 Å². The van der Waals surface area contributed by atoms with E-state index in [1.807, 2.05) is 24.3 Å². The molecular weight excluding hydrogens is 246 g/mol. The summed E-state index contributed by atoms with van der Waals surface area (Å²) in [5, 5.41) is 2.57. The van der Waals surface area contributed by atoms with Gasteiger partial charge in [0.1, 0.15) is 10.6 Å². The molecule has 1 unspecified atom stereocenters. The first kappa shape index (κ1) is 11.0. The number of ether oxygens (including phenoxy) is 1. The predicted octanol–water partition coefficient (Wildman–Crippen LogP) is 1.88. The van der Waals surface area contributed by atoms with E-state index in [0.29, 0.717) is 0 Å². The van der Waals surface area contributed by atoms with Crippen molar-refractivity contribution in [3.63, 3.8) is 0 Å². The number of alkyl halides is 1. The van der Waals surface area contributed by atoms with Crippen molar-refractivity contribution in [2.45, 2.75) is 4.83 Å². The molecule has 3 nitrogen and oxygen atoms in total. The first-order chi connectivity index (χ1) is 6.69. The molecule has 1 aromatic carbocycles. The van der Waals surface area contributed by atoms with E-state index in [0.717, 1.165) is 11.3 Å². The van der Waals surface area contributed by atoms with E-state index in [1.165, 1.54) is 0 Å². The Labute approximate surface area is 91.6 Å². The zero-order chi connectivity index (χ0) is 10.6. The smallest absolute Gasteiger partial charge is 0.238 e. The SMILES string of the molecule is CNC(=O)C(Br)c1cccc(OC)c1. The Hall–Kier alpha value is -1.03. The Balaban J connectivity index is 2.89. The van der Waals surface area contributed by atoms with Gasteiger partial charge in [0.2, 0.25) is 5.91 Å². The molecule has 0 aliphatic rings. The number of carbonyl (C=O) groups is 1. The lowest BCUT2D eigenvalue weighted by atomic mass is 10.1. The Morgan fingerprint density at radius 3 is 2.86 bits per heavy atom. The molecule has 0 saturated heterocycles. The van der Waals surface area contributed by atoms with Gasteiger partial charge in [0.05, 0.1) is 7.11 Å². The van der Waals surface area contributed by atoms with Crippen molar-refractivity contribution in [3.8, 4) is 5.75 Å². The van der Waals surface area contributed by atoms with E-state index >= 15 is 0 Å². The van der Waals surface area contributed by atoms with Crippen LogP contribution in [0.25, 0.3) is 0 Å². The molecule has 0 fully saturated rings. The summed E-state index contributed by atoms with van der Waals surface area (Å²) >= 11 is 3.31. The summed E-state index contributed by atoms with van der Waals surface area (Å²) < 4.78 is 5.07.